The fraction of sp³-hybridized carbons (Fsp3) is 0.174. The van der Waals surface area contributed by atoms with Gasteiger partial charge < -0.3 is 29.4 Å². The van der Waals surface area contributed by atoms with Gasteiger partial charge in [0.25, 0.3) is 0 Å². The maximum absolute atomic E-state index is 13.3. The molecule has 31 heavy (non-hydrogen) atoms. The highest BCUT2D eigenvalue weighted by Crippen LogP contribution is 2.31. The average Bonchev–Trinajstić information content (AvgIpc) is 3.12. The first-order valence-corrected chi connectivity index (χ1v) is 9.81. The maximum atomic E-state index is 13.3. The zero-order valence-electron chi connectivity index (χ0n) is 16.5. The third kappa shape index (κ3) is 3.17. The number of nitrogens with two attached hydrogens (primary N) is 1. The molecule has 2 atom stereocenters. The molecule has 3 N–H and O–H groups in total. The van der Waals surface area contributed by atoms with E-state index < -0.39 is 24.0 Å². The van der Waals surface area contributed by atoms with E-state index in [0.717, 1.165) is 22.2 Å². The number of benzene rings is 2. The lowest BCUT2D eigenvalue weighted by atomic mass is 9.90. The number of hydrogen-bond acceptors (Lipinski definition) is 6. The summed E-state index contributed by atoms with van der Waals surface area (Å²) in [5, 5.41) is 14.6. The second kappa shape index (κ2) is 7.10. The number of hydrogen-bond donors (Lipinski definition) is 2. The first kappa shape index (κ1) is 19.1. The highest BCUT2D eigenvalue weighted by Gasteiger charge is 2.36. The minimum Gasteiger partial charge on any atom is -0.544 e. The summed E-state index contributed by atoms with van der Waals surface area (Å²) in [7, 11) is 0. The van der Waals surface area contributed by atoms with Gasteiger partial charge in [-0.3, -0.25) is 9.59 Å². The number of aliphatic carboxylic acids is 1. The largest absolute Gasteiger partial charge is 0.544 e. The van der Waals surface area contributed by atoms with Crippen molar-refractivity contribution in [1.82, 2.24) is 4.98 Å². The fourth-order valence-corrected chi connectivity index (χ4v) is 4.31. The monoisotopic (exact) mass is 418 g/mol. The number of esters is 1. The Balaban J connectivity index is 1.67. The Hall–Kier alpha value is -3.91. The van der Waals surface area contributed by atoms with Crippen LogP contribution in [0.1, 0.15) is 29.8 Å². The van der Waals surface area contributed by atoms with Crippen LogP contribution in [0.15, 0.2) is 57.9 Å². The number of ether oxygens (including phenoxy) is 1. The maximum Gasteiger partial charge on any atom is 0.308 e. The molecule has 0 amide bonds. The second-order valence-corrected chi connectivity index (χ2v) is 7.63. The molecule has 2 aromatic heterocycles. The Bertz CT molecular complexity index is 1420. The normalized spacial score (nSPS) is 18.1. The van der Waals surface area contributed by atoms with Gasteiger partial charge in [0.1, 0.15) is 23.6 Å². The molecule has 0 saturated heterocycles. The molecule has 8 heteroatoms. The number of para-hydroxylation sites is 1. The molecule has 3 heterocycles. The zero-order valence-corrected chi connectivity index (χ0v) is 16.5. The van der Waals surface area contributed by atoms with E-state index in [9.17, 15) is 19.5 Å². The number of fused-ring (bicyclic) bond motifs is 4. The summed E-state index contributed by atoms with van der Waals surface area (Å²) >= 11 is 0. The first-order valence-electron chi connectivity index (χ1n) is 9.81. The average molecular weight is 418 g/mol. The van der Waals surface area contributed by atoms with Crippen molar-refractivity contribution in [2.24, 2.45) is 0 Å². The number of carboxylic acids is 1. The number of carbonyl (C=O) groups is 2. The van der Waals surface area contributed by atoms with E-state index in [2.05, 4.69) is 4.98 Å². The number of nitrogens with one attached hydrogen (secondary N) is 1. The highest BCUT2D eigenvalue weighted by molar-refractivity contribution is 5.86. The number of carboxylic acid groups (broad SMARTS) is 1. The van der Waals surface area contributed by atoms with Gasteiger partial charge in [-0.25, -0.2) is 0 Å². The number of aromatic nitrogens is 1. The Morgan fingerprint density at radius 3 is 2.77 bits per heavy atom. The van der Waals surface area contributed by atoms with Gasteiger partial charge in [0.15, 0.2) is 6.04 Å². The molecule has 1 aliphatic rings. The summed E-state index contributed by atoms with van der Waals surface area (Å²) in [6.45, 7) is 1.29. The van der Waals surface area contributed by atoms with Crippen molar-refractivity contribution in [2.45, 2.75) is 25.4 Å². The van der Waals surface area contributed by atoms with Gasteiger partial charge in [-0.05, 0) is 23.8 Å². The Labute approximate surface area is 175 Å². The van der Waals surface area contributed by atoms with Crippen molar-refractivity contribution in [3.05, 3.63) is 75.8 Å². The molecule has 0 spiro atoms. The van der Waals surface area contributed by atoms with Crippen molar-refractivity contribution < 1.29 is 29.2 Å². The predicted molar refractivity (Wildman–Crippen MR) is 108 cm³/mol. The van der Waals surface area contributed by atoms with E-state index in [0.29, 0.717) is 17.4 Å². The second-order valence-electron chi connectivity index (χ2n) is 7.63. The number of rotatable bonds is 3. The third-order valence-electron chi connectivity index (χ3n) is 5.68. The van der Waals surface area contributed by atoms with Gasteiger partial charge in [0.2, 0.25) is 5.43 Å². The SMILES string of the molecule is CC(=O)Oc1ccc2c(=O)c(C3[NH2+]C(C(=O)[O-])Cc4c3[nH]c3ccccc43)coc2c1. The van der Waals surface area contributed by atoms with Crippen LogP contribution in [0.2, 0.25) is 0 Å². The van der Waals surface area contributed by atoms with E-state index >= 15 is 0 Å². The van der Waals surface area contributed by atoms with Crippen LogP contribution in [-0.4, -0.2) is 23.0 Å². The molecule has 1 aliphatic heterocycles. The van der Waals surface area contributed by atoms with Gasteiger partial charge in [-0.15, -0.1) is 0 Å². The van der Waals surface area contributed by atoms with Crippen LogP contribution < -0.4 is 20.6 Å². The molecular weight excluding hydrogens is 400 g/mol. The lowest BCUT2D eigenvalue weighted by Gasteiger charge is -2.28. The number of aromatic amines is 1. The Morgan fingerprint density at radius 1 is 1.19 bits per heavy atom. The van der Waals surface area contributed by atoms with E-state index in [4.69, 9.17) is 9.15 Å². The molecule has 2 unspecified atom stereocenters. The topological polar surface area (TPSA) is 129 Å². The first-order chi connectivity index (χ1) is 14.9. The van der Waals surface area contributed by atoms with Crippen LogP contribution >= 0.6 is 0 Å². The van der Waals surface area contributed by atoms with Crippen LogP contribution in [0.4, 0.5) is 0 Å². The fourth-order valence-electron chi connectivity index (χ4n) is 4.31. The summed E-state index contributed by atoms with van der Waals surface area (Å²) in [6, 6.07) is 10.7. The summed E-state index contributed by atoms with van der Waals surface area (Å²) in [6.07, 6.45) is 1.64. The molecule has 0 bridgehead atoms. The summed E-state index contributed by atoms with van der Waals surface area (Å²) in [5.74, 6) is -1.39. The van der Waals surface area contributed by atoms with Crippen LogP contribution in [0.5, 0.6) is 5.75 Å². The molecule has 2 aromatic carbocycles. The Morgan fingerprint density at radius 2 is 2.00 bits per heavy atom. The standard InChI is InChI=1S/C23H18N2O6/c1-11(26)31-12-6-7-14-19(8-12)30-10-16(22(14)27)21-20-15(9-18(25-21)23(28)29)13-4-2-3-5-17(13)24-20/h2-8,10,18,21,24-25H,9H2,1H3,(H,28,29). The number of quaternary nitrogens is 1. The molecule has 4 aromatic rings. The van der Waals surface area contributed by atoms with Crippen molar-refractivity contribution in [2.75, 3.05) is 0 Å². The predicted octanol–water partition coefficient (Wildman–Crippen LogP) is 0.527. The van der Waals surface area contributed by atoms with Crippen LogP contribution in [0.3, 0.4) is 0 Å². The van der Waals surface area contributed by atoms with Crippen LogP contribution in [0.25, 0.3) is 21.9 Å². The van der Waals surface area contributed by atoms with Gasteiger partial charge in [0, 0.05) is 30.3 Å². The molecule has 156 valence electrons. The summed E-state index contributed by atoms with van der Waals surface area (Å²) in [4.78, 5) is 39.5. The van der Waals surface area contributed by atoms with Gasteiger partial charge in [-0.2, -0.15) is 0 Å². The third-order valence-corrected chi connectivity index (χ3v) is 5.68. The molecule has 0 aliphatic carbocycles. The zero-order chi connectivity index (χ0) is 21.7. The van der Waals surface area contributed by atoms with Crippen molar-refractivity contribution >= 4 is 33.8 Å². The van der Waals surface area contributed by atoms with Crippen molar-refractivity contribution in [3.8, 4) is 5.75 Å². The smallest absolute Gasteiger partial charge is 0.308 e. The quantitative estimate of drug-likeness (QED) is 0.369. The van der Waals surface area contributed by atoms with Gasteiger partial charge in [-0.1, -0.05) is 18.2 Å². The van der Waals surface area contributed by atoms with Crippen LogP contribution in [-0.2, 0) is 16.0 Å². The van der Waals surface area contributed by atoms with E-state index in [1.165, 1.54) is 31.4 Å². The lowest BCUT2D eigenvalue weighted by Crippen LogP contribution is -2.96. The minimum atomic E-state index is -1.18. The van der Waals surface area contributed by atoms with Gasteiger partial charge in [0.05, 0.1) is 22.6 Å². The molecule has 0 fully saturated rings. The molecular formula is C23H18N2O6. The van der Waals surface area contributed by atoms with E-state index in [1.54, 1.807) is 5.32 Å². The van der Waals surface area contributed by atoms with Crippen molar-refractivity contribution in [3.63, 3.8) is 0 Å². The van der Waals surface area contributed by atoms with E-state index in [-0.39, 0.29) is 16.8 Å². The van der Waals surface area contributed by atoms with Crippen LogP contribution in [0, 0.1) is 0 Å². The highest BCUT2D eigenvalue weighted by atomic mass is 16.5. The molecule has 0 radical (unpaired) electrons. The number of H-pyrrole nitrogens is 1. The van der Waals surface area contributed by atoms with Gasteiger partial charge >= 0.3 is 5.97 Å². The minimum absolute atomic E-state index is 0.273. The van der Waals surface area contributed by atoms with E-state index in [1.807, 2.05) is 24.3 Å². The molecule has 0 saturated carbocycles. The summed E-state index contributed by atoms with van der Waals surface area (Å²) in [5.41, 5.74) is 2.84. The Kier molecular flexibility index (Phi) is 4.37. The summed E-state index contributed by atoms with van der Waals surface area (Å²) < 4.78 is 10.7. The van der Waals surface area contributed by atoms with Crippen molar-refractivity contribution in [1.29, 1.82) is 0 Å². The number of carbonyl (C=O) groups excluding carboxylic acids is 2. The molecule has 5 rings (SSSR count). The molecule has 8 nitrogen and oxygen atoms in total. The lowest BCUT2D eigenvalue weighted by molar-refractivity contribution is -0.717.